The molecule has 0 saturated carbocycles. The normalized spacial score (nSPS) is 12.1. The number of hydrogen-bond donors (Lipinski definition) is 0. The fourth-order valence-corrected chi connectivity index (χ4v) is 2.05. The molecule has 1 heteroatoms. The summed E-state index contributed by atoms with van der Waals surface area (Å²) in [7, 11) is 1.69. The summed E-state index contributed by atoms with van der Waals surface area (Å²) in [5, 5.41) is 0. The van der Waals surface area contributed by atoms with Crippen molar-refractivity contribution >= 4 is 0 Å². The van der Waals surface area contributed by atoms with Crippen molar-refractivity contribution in [3.05, 3.63) is 72.6 Å². The first-order valence-corrected chi connectivity index (χ1v) is 5.83. The second kappa shape index (κ2) is 5.53. The van der Waals surface area contributed by atoms with E-state index in [1.54, 1.807) is 7.11 Å². The Morgan fingerprint density at radius 2 is 1.53 bits per heavy atom. The van der Waals surface area contributed by atoms with Crippen LogP contribution in [-0.2, 0) is 0 Å². The Balaban J connectivity index is 2.29. The molecule has 0 bridgehead atoms. The molecule has 87 valence electrons. The van der Waals surface area contributed by atoms with Gasteiger partial charge in [0.25, 0.3) is 0 Å². The zero-order valence-electron chi connectivity index (χ0n) is 10.1. The molecule has 2 aromatic carbocycles. The lowest BCUT2D eigenvalue weighted by molar-refractivity contribution is 0.414. The molecule has 17 heavy (non-hydrogen) atoms. The molecule has 0 fully saturated rings. The zero-order chi connectivity index (χ0) is 12.1. The van der Waals surface area contributed by atoms with Crippen LogP contribution < -0.4 is 4.74 Å². The van der Waals surface area contributed by atoms with Gasteiger partial charge in [-0.1, -0.05) is 49.4 Å². The molecule has 1 unspecified atom stereocenters. The highest BCUT2D eigenvalue weighted by atomic mass is 16.5. The largest absolute Gasteiger partial charge is 0.497 e. The highest BCUT2D eigenvalue weighted by Gasteiger charge is 2.11. The van der Waals surface area contributed by atoms with Gasteiger partial charge in [0.15, 0.2) is 0 Å². The Labute approximate surface area is 103 Å². The lowest BCUT2D eigenvalue weighted by atomic mass is 9.89. The molecule has 0 saturated heterocycles. The van der Waals surface area contributed by atoms with E-state index in [1.807, 2.05) is 18.2 Å². The first kappa shape index (κ1) is 11.7. The average Bonchev–Trinajstić information content (AvgIpc) is 2.42. The molecule has 0 amide bonds. The van der Waals surface area contributed by atoms with Gasteiger partial charge in [0, 0.05) is 5.92 Å². The SMILES string of the molecule is [CH2]CC(c1ccccc1)c1ccc(OC)cc1. The summed E-state index contributed by atoms with van der Waals surface area (Å²) < 4.78 is 5.17. The smallest absolute Gasteiger partial charge is 0.118 e. The van der Waals surface area contributed by atoms with Gasteiger partial charge in [-0.25, -0.2) is 0 Å². The molecular weight excluding hydrogens is 208 g/mol. The maximum absolute atomic E-state index is 5.17. The van der Waals surface area contributed by atoms with Gasteiger partial charge >= 0.3 is 0 Å². The molecule has 2 aromatic rings. The molecule has 1 radical (unpaired) electrons. The topological polar surface area (TPSA) is 9.23 Å². The Kier molecular flexibility index (Phi) is 3.81. The van der Waals surface area contributed by atoms with Crippen LogP contribution in [0.3, 0.4) is 0 Å². The number of benzene rings is 2. The molecule has 2 rings (SSSR count). The lowest BCUT2D eigenvalue weighted by Gasteiger charge is -2.16. The minimum atomic E-state index is 0.363. The van der Waals surface area contributed by atoms with E-state index in [1.165, 1.54) is 11.1 Å². The van der Waals surface area contributed by atoms with Gasteiger partial charge in [-0.2, -0.15) is 0 Å². The van der Waals surface area contributed by atoms with Crippen LogP contribution in [0.2, 0.25) is 0 Å². The minimum absolute atomic E-state index is 0.363. The van der Waals surface area contributed by atoms with Gasteiger partial charge in [0.1, 0.15) is 5.75 Å². The predicted molar refractivity (Wildman–Crippen MR) is 71.3 cm³/mol. The van der Waals surface area contributed by atoms with Gasteiger partial charge in [-0.3, -0.25) is 0 Å². The number of methoxy groups -OCH3 is 1. The summed E-state index contributed by atoms with van der Waals surface area (Å²) in [5.74, 6) is 1.26. The van der Waals surface area contributed by atoms with Crippen molar-refractivity contribution in [2.45, 2.75) is 12.3 Å². The quantitative estimate of drug-likeness (QED) is 0.762. The van der Waals surface area contributed by atoms with Crippen LogP contribution in [0.4, 0.5) is 0 Å². The first-order chi connectivity index (χ1) is 8.35. The summed E-state index contributed by atoms with van der Waals surface area (Å²) in [4.78, 5) is 0. The van der Waals surface area contributed by atoms with Crippen LogP contribution in [0.15, 0.2) is 54.6 Å². The third kappa shape index (κ3) is 2.68. The van der Waals surface area contributed by atoms with Crippen LogP contribution in [0.5, 0.6) is 5.75 Å². The van der Waals surface area contributed by atoms with Crippen LogP contribution >= 0.6 is 0 Å². The van der Waals surface area contributed by atoms with E-state index in [-0.39, 0.29) is 0 Å². The molecular formula is C16H17O. The summed E-state index contributed by atoms with van der Waals surface area (Å²) >= 11 is 0. The van der Waals surface area contributed by atoms with E-state index in [0.29, 0.717) is 5.92 Å². The van der Waals surface area contributed by atoms with Crippen molar-refractivity contribution in [1.29, 1.82) is 0 Å². The van der Waals surface area contributed by atoms with E-state index in [2.05, 4.69) is 43.3 Å². The summed E-state index contributed by atoms with van der Waals surface area (Å²) in [6.45, 7) is 4.05. The molecule has 0 aliphatic heterocycles. The molecule has 0 N–H and O–H groups in total. The molecule has 0 heterocycles. The lowest BCUT2D eigenvalue weighted by Crippen LogP contribution is -1.99. The monoisotopic (exact) mass is 225 g/mol. The average molecular weight is 225 g/mol. The standard InChI is InChI=1S/C16H17O/c1-3-16(13-7-5-4-6-8-13)14-9-11-15(17-2)12-10-14/h4-12,16H,1,3H2,2H3. The van der Waals surface area contributed by atoms with E-state index in [0.717, 1.165) is 12.2 Å². The predicted octanol–water partition coefficient (Wildman–Crippen LogP) is 4.05. The van der Waals surface area contributed by atoms with Crippen molar-refractivity contribution in [1.82, 2.24) is 0 Å². The Bertz CT molecular complexity index is 445. The Hall–Kier alpha value is -1.76. The van der Waals surface area contributed by atoms with Crippen molar-refractivity contribution in [2.24, 2.45) is 0 Å². The van der Waals surface area contributed by atoms with Crippen LogP contribution in [0, 0.1) is 6.92 Å². The van der Waals surface area contributed by atoms with Crippen molar-refractivity contribution < 1.29 is 4.74 Å². The number of hydrogen-bond acceptors (Lipinski definition) is 1. The van der Waals surface area contributed by atoms with Crippen molar-refractivity contribution in [3.63, 3.8) is 0 Å². The highest BCUT2D eigenvalue weighted by molar-refractivity contribution is 5.36. The summed E-state index contributed by atoms with van der Waals surface area (Å²) in [5.41, 5.74) is 2.60. The van der Waals surface area contributed by atoms with Gasteiger partial charge in [-0.05, 0) is 29.7 Å². The van der Waals surface area contributed by atoms with Crippen molar-refractivity contribution in [3.8, 4) is 5.75 Å². The Morgan fingerprint density at radius 1 is 0.941 bits per heavy atom. The molecule has 1 atom stereocenters. The molecule has 0 spiro atoms. The third-order valence-corrected chi connectivity index (χ3v) is 3.01. The van der Waals surface area contributed by atoms with E-state index in [4.69, 9.17) is 4.74 Å². The van der Waals surface area contributed by atoms with Gasteiger partial charge in [-0.15, -0.1) is 0 Å². The second-order valence-corrected chi connectivity index (χ2v) is 4.03. The van der Waals surface area contributed by atoms with Gasteiger partial charge in [0.05, 0.1) is 7.11 Å². The number of ether oxygens (including phenoxy) is 1. The molecule has 0 aliphatic rings. The molecule has 0 aliphatic carbocycles. The number of rotatable bonds is 4. The molecule has 1 nitrogen and oxygen atoms in total. The highest BCUT2D eigenvalue weighted by Crippen LogP contribution is 2.28. The minimum Gasteiger partial charge on any atom is -0.497 e. The van der Waals surface area contributed by atoms with Crippen LogP contribution in [0.25, 0.3) is 0 Å². The maximum atomic E-state index is 5.17. The summed E-state index contributed by atoms with van der Waals surface area (Å²) in [6, 6.07) is 18.7. The zero-order valence-corrected chi connectivity index (χ0v) is 10.1. The van der Waals surface area contributed by atoms with E-state index in [9.17, 15) is 0 Å². The third-order valence-electron chi connectivity index (χ3n) is 3.01. The summed E-state index contributed by atoms with van der Waals surface area (Å²) in [6.07, 6.45) is 0.857. The molecule has 0 aromatic heterocycles. The fraction of sp³-hybridized carbons (Fsp3) is 0.188. The van der Waals surface area contributed by atoms with E-state index < -0.39 is 0 Å². The maximum Gasteiger partial charge on any atom is 0.118 e. The van der Waals surface area contributed by atoms with Crippen LogP contribution in [-0.4, -0.2) is 7.11 Å². The van der Waals surface area contributed by atoms with E-state index >= 15 is 0 Å². The Morgan fingerprint density at radius 3 is 2.06 bits per heavy atom. The fourth-order valence-electron chi connectivity index (χ4n) is 2.05. The van der Waals surface area contributed by atoms with Gasteiger partial charge < -0.3 is 4.74 Å². The van der Waals surface area contributed by atoms with Crippen molar-refractivity contribution in [2.75, 3.05) is 7.11 Å². The van der Waals surface area contributed by atoms with Gasteiger partial charge in [0.2, 0.25) is 0 Å². The first-order valence-electron chi connectivity index (χ1n) is 5.83. The second-order valence-electron chi connectivity index (χ2n) is 4.03. The van der Waals surface area contributed by atoms with Crippen LogP contribution in [0.1, 0.15) is 23.5 Å².